The first kappa shape index (κ1) is 16.9. The lowest BCUT2D eigenvalue weighted by Gasteiger charge is -2.42. The molecule has 24 heavy (non-hydrogen) atoms. The third kappa shape index (κ3) is 3.93. The molecule has 2 unspecified atom stereocenters. The van der Waals surface area contributed by atoms with E-state index in [0.29, 0.717) is 18.9 Å². The van der Waals surface area contributed by atoms with E-state index < -0.39 is 0 Å². The number of ether oxygens (including phenoxy) is 1. The summed E-state index contributed by atoms with van der Waals surface area (Å²) >= 11 is 0. The lowest BCUT2D eigenvalue weighted by atomic mass is 9.73. The maximum absolute atomic E-state index is 12.8. The minimum atomic E-state index is -0.332. The van der Waals surface area contributed by atoms with Gasteiger partial charge in [0.05, 0.1) is 12.2 Å². The number of carbonyl (C=O) groups excluding carboxylic acids is 1. The number of hydrogen-bond acceptors (Lipinski definition) is 2. The Balaban J connectivity index is 1.76. The molecular formula is C22H26O2. The molecule has 2 atom stereocenters. The van der Waals surface area contributed by atoms with Crippen molar-refractivity contribution in [2.24, 2.45) is 5.92 Å². The van der Waals surface area contributed by atoms with Crippen molar-refractivity contribution in [3.8, 4) is 0 Å². The van der Waals surface area contributed by atoms with Crippen LogP contribution in [0.5, 0.6) is 0 Å². The fourth-order valence-corrected chi connectivity index (χ4v) is 3.71. The Kier molecular flexibility index (Phi) is 5.47. The molecule has 0 saturated heterocycles. The molecule has 2 aromatic carbocycles. The maximum Gasteiger partial charge on any atom is 0.165 e. The number of Topliss-reactive ketones (excluding diaryl/α,β-unsaturated/α-hetero) is 1. The minimum absolute atomic E-state index is 0.192. The van der Waals surface area contributed by atoms with Gasteiger partial charge in [-0.15, -0.1) is 0 Å². The Morgan fingerprint density at radius 1 is 1.04 bits per heavy atom. The van der Waals surface area contributed by atoms with Crippen molar-refractivity contribution in [1.82, 2.24) is 0 Å². The van der Waals surface area contributed by atoms with E-state index in [1.54, 1.807) is 0 Å². The molecule has 1 aliphatic carbocycles. The third-order valence-corrected chi connectivity index (χ3v) is 5.31. The van der Waals surface area contributed by atoms with E-state index in [4.69, 9.17) is 4.74 Å². The van der Waals surface area contributed by atoms with Crippen molar-refractivity contribution in [3.63, 3.8) is 0 Å². The van der Waals surface area contributed by atoms with Gasteiger partial charge in [-0.25, -0.2) is 0 Å². The monoisotopic (exact) mass is 322 g/mol. The highest BCUT2D eigenvalue weighted by atomic mass is 16.5. The van der Waals surface area contributed by atoms with Crippen LogP contribution in [-0.2, 0) is 11.3 Å². The number of ketones is 1. The van der Waals surface area contributed by atoms with E-state index in [9.17, 15) is 4.79 Å². The van der Waals surface area contributed by atoms with Gasteiger partial charge in [0.2, 0.25) is 0 Å². The second kappa shape index (κ2) is 7.76. The van der Waals surface area contributed by atoms with Crippen LogP contribution in [0.3, 0.4) is 0 Å². The van der Waals surface area contributed by atoms with E-state index in [-0.39, 0.29) is 11.4 Å². The molecule has 0 bridgehead atoms. The summed E-state index contributed by atoms with van der Waals surface area (Å²) in [6.07, 6.45) is 4.96. The summed E-state index contributed by atoms with van der Waals surface area (Å²) in [5.74, 6) is 0.597. The molecule has 0 amide bonds. The summed E-state index contributed by atoms with van der Waals surface area (Å²) in [5, 5.41) is 0. The van der Waals surface area contributed by atoms with E-state index in [0.717, 1.165) is 24.8 Å². The molecule has 0 aromatic heterocycles. The Morgan fingerprint density at radius 2 is 1.71 bits per heavy atom. The fourth-order valence-electron chi connectivity index (χ4n) is 3.71. The van der Waals surface area contributed by atoms with Gasteiger partial charge >= 0.3 is 0 Å². The largest absolute Gasteiger partial charge is 0.370 e. The zero-order valence-corrected chi connectivity index (χ0v) is 14.4. The quantitative estimate of drug-likeness (QED) is 0.663. The first-order valence-corrected chi connectivity index (χ1v) is 8.96. The van der Waals surface area contributed by atoms with Crippen molar-refractivity contribution in [2.45, 2.75) is 51.2 Å². The van der Waals surface area contributed by atoms with Gasteiger partial charge in [0, 0.05) is 12.0 Å². The van der Waals surface area contributed by atoms with Crippen molar-refractivity contribution in [2.75, 3.05) is 0 Å². The normalized spacial score (nSPS) is 23.8. The molecule has 0 spiro atoms. The summed E-state index contributed by atoms with van der Waals surface area (Å²) in [6, 6.07) is 19.9. The smallest absolute Gasteiger partial charge is 0.165 e. The van der Waals surface area contributed by atoms with Crippen LogP contribution in [0.15, 0.2) is 60.7 Å². The summed E-state index contributed by atoms with van der Waals surface area (Å²) in [6.45, 7) is 2.82. The summed E-state index contributed by atoms with van der Waals surface area (Å²) in [5.41, 5.74) is 1.63. The lowest BCUT2D eigenvalue weighted by molar-refractivity contribution is -0.111. The Morgan fingerprint density at radius 3 is 2.38 bits per heavy atom. The Labute approximate surface area is 144 Å². The first-order valence-electron chi connectivity index (χ1n) is 8.96. The number of rotatable bonds is 6. The molecule has 0 heterocycles. The SMILES string of the molecule is CC1CCCCC1(CC(=O)c1ccccc1)OCc1ccccc1. The summed E-state index contributed by atoms with van der Waals surface area (Å²) in [7, 11) is 0. The average molecular weight is 322 g/mol. The second-order valence-electron chi connectivity index (χ2n) is 6.95. The van der Waals surface area contributed by atoms with Crippen LogP contribution in [0, 0.1) is 5.92 Å². The van der Waals surface area contributed by atoms with Gasteiger partial charge in [-0.1, -0.05) is 80.4 Å². The predicted octanol–water partition coefficient (Wildman–Crippen LogP) is 5.43. The van der Waals surface area contributed by atoms with E-state index in [1.165, 1.54) is 12.0 Å². The zero-order chi connectivity index (χ0) is 16.8. The predicted molar refractivity (Wildman–Crippen MR) is 97.0 cm³/mol. The standard InChI is InChI=1S/C22H26O2/c1-18-10-8-9-15-22(18,24-17-19-11-4-2-5-12-19)16-21(23)20-13-6-3-7-14-20/h2-7,11-14,18H,8-10,15-17H2,1H3. The first-order chi connectivity index (χ1) is 11.7. The minimum Gasteiger partial charge on any atom is -0.370 e. The van der Waals surface area contributed by atoms with E-state index in [1.807, 2.05) is 48.5 Å². The van der Waals surface area contributed by atoms with Gasteiger partial charge in [-0.05, 0) is 24.3 Å². The van der Waals surface area contributed by atoms with Gasteiger partial charge in [-0.3, -0.25) is 4.79 Å². The highest BCUT2D eigenvalue weighted by Crippen LogP contribution is 2.40. The molecule has 2 heteroatoms. The molecule has 1 fully saturated rings. The summed E-state index contributed by atoms with van der Waals surface area (Å²) in [4.78, 5) is 12.8. The highest BCUT2D eigenvalue weighted by Gasteiger charge is 2.41. The van der Waals surface area contributed by atoms with E-state index in [2.05, 4.69) is 19.1 Å². The van der Waals surface area contributed by atoms with Crippen LogP contribution in [0.25, 0.3) is 0 Å². The van der Waals surface area contributed by atoms with Crippen LogP contribution < -0.4 is 0 Å². The van der Waals surface area contributed by atoms with Crippen LogP contribution in [0.4, 0.5) is 0 Å². The molecular weight excluding hydrogens is 296 g/mol. The molecule has 2 aromatic rings. The van der Waals surface area contributed by atoms with Crippen molar-refractivity contribution < 1.29 is 9.53 Å². The van der Waals surface area contributed by atoms with Crippen molar-refractivity contribution in [3.05, 3.63) is 71.8 Å². The average Bonchev–Trinajstić information content (AvgIpc) is 2.64. The molecule has 126 valence electrons. The second-order valence-corrected chi connectivity index (χ2v) is 6.95. The van der Waals surface area contributed by atoms with Crippen molar-refractivity contribution in [1.29, 1.82) is 0 Å². The molecule has 0 aliphatic heterocycles. The molecule has 0 radical (unpaired) electrons. The van der Waals surface area contributed by atoms with Gasteiger partial charge in [-0.2, -0.15) is 0 Å². The Hall–Kier alpha value is -1.93. The number of benzene rings is 2. The lowest BCUT2D eigenvalue weighted by Crippen LogP contribution is -2.44. The molecule has 1 saturated carbocycles. The topological polar surface area (TPSA) is 26.3 Å². The maximum atomic E-state index is 12.8. The van der Waals surface area contributed by atoms with Gasteiger partial charge in [0.25, 0.3) is 0 Å². The molecule has 0 N–H and O–H groups in total. The fraction of sp³-hybridized carbons (Fsp3) is 0.409. The Bertz CT molecular complexity index is 650. The zero-order valence-electron chi connectivity index (χ0n) is 14.4. The number of hydrogen-bond donors (Lipinski definition) is 0. The molecule has 1 aliphatic rings. The number of carbonyl (C=O) groups is 1. The summed E-state index contributed by atoms with van der Waals surface area (Å²) < 4.78 is 6.44. The highest BCUT2D eigenvalue weighted by molar-refractivity contribution is 5.96. The molecule has 3 rings (SSSR count). The van der Waals surface area contributed by atoms with Crippen molar-refractivity contribution >= 4 is 5.78 Å². The van der Waals surface area contributed by atoms with Crippen LogP contribution in [0.1, 0.15) is 54.9 Å². The third-order valence-electron chi connectivity index (χ3n) is 5.31. The van der Waals surface area contributed by atoms with Gasteiger partial charge in [0.1, 0.15) is 0 Å². The van der Waals surface area contributed by atoms with Crippen LogP contribution in [-0.4, -0.2) is 11.4 Å². The molecule has 2 nitrogen and oxygen atoms in total. The van der Waals surface area contributed by atoms with Crippen LogP contribution >= 0.6 is 0 Å². The van der Waals surface area contributed by atoms with Gasteiger partial charge < -0.3 is 4.74 Å². The van der Waals surface area contributed by atoms with E-state index >= 15 is 0 Å². The van der Waals surface area contributed by atoms with Crippen LogP contribution in [0.2, 0.25) is 0 Å². The van der Waals surface area contributed by atoms with Gasteiger partial charge in [0.15, 0.2) is 5.78 Å².